The van der Waals surface area contributed by atoms with Crippen molar-refractivity contribution in [1.29, 1.82) is 0 Å². The average molecular weight is 470 g/mol. The summed E-state index contributed by atoms with van der Waals surface area (Å²) in [5.74, 6) is 0.854. The lowest BCUT2D eigenvalue weighted by Gasteiger charge is -2.17. The summed E-state index contributed by atoms with van der Waals surface area (Å²) in [7, 11) is -1.70. The molecule has 1 fully saturated rings. The molecule has 176 valence electrons. The van der Waals surface area contributed by atoms with E-state index in [1.165, 1.54) is 0 Å². The van der Waals surface area contributed by atoms with E-state index in [0.717, 1.165) is 42.7 Å². The first kappa shape index (κ1) is 23.4. The number of hydrogen-bond donors (Lipinski definition) is 0. The second kappa shape index (κ2) is 10.0. The number of nitrogens with zero attached hydrogens (tertiary/aromatic N) is 5. The molecule has 0 bridgehead atoms. The average Bonchev–Trinajstić information content (AvgIpc) is 3.47. The van der Waals surface area contributed by atoms with E-state index in [1.807, 2.05) is 18.2 Å². The summed E-state index contributed by atoms with van der Waals surface area (Å²) in [6, 6.07) is 9.01. The second-order valence-electron chi connectivity index (χ2n) is 8.55. The van der Waals surface area contributed by atoms with Gasteiger partial charge in [0.25, 0.3) is 0 Å². The van der Waals surface area contributed by atoms with Gasteiger partial charge in [-0.15, -0.1) is 0 Å². The molecule has 0 radical (unpaired) electrons. The van der Waals surface area contributed by atoms with Crippen LogP contribution in [0.1, 0.15) is 44.0 Å². The molecule has 0 unspecified atom stereocenters. The van der Waals surface area contributed by atoms with Gasteiger partial charge in [-0.1, -0.05) is 6.92 Å². The third-order valence-corrected chi connectivity index (χ3v) is 8.00. The summed E-state index contributed by atoms with van der Waals surface area (Å²) in [6.07, 6.45) is 7.01. The molecule has 1 aromatic carbocycles. The molecule has 1 aliphatic rings. The number of pyridine rings is 1. The van der Waals surface area contributed by atoms with Crippen LogP contribution in [0.15, 0.2) is 47.6 Å². The van der Waals surface area contributed by atoms with E-state index < -0.39 is 10.0 Å². The standard InChI is InChI=1S/C24H31N5O3S/c1-3-14-29-22-7-6-20(33(31,32)28-15-4-5-16-28)17-21(22)26-23(29)8-9-24(30)27(2)18-19-10-12-25-13-11-19/h6-7,10-13,17H,3-5,8-9,14-16,18H2,1-2H3. The van der Waals surface area contributed by atoms with Crippen LogP contribution in [0.5, 0.6) is 0 Å². The Labute approximate surface area is 195 Å². The monoisotopic (exact) mass is 469 g/mol. The highest BCUT2D eigenvalue weighted by atomic mass is 32.2. The highest BCUT2D eigenvalue weighted by molar-refractivity contribution is 7.89. The zero-order valence-electron chi connectivity index (χ0n) is 19.3. The summed E-state index contributed by atoms with van der Waals surface area (Å²) in [4.78, 5) is 23.5. The van der Waals surface area contributed by atoms with Gasteiger partial charge < -0.3 is 9.47 Å². The van der Waals surface area contributed by atoms with Crippen molar-refractivity contribution < 1.29 is 13.2 Å². The zero-order valence-corrected chi connectivity index (χ0v) is 20.1. The van der Waals surface area contributed by atoms with Crippen LogP contribution < -0.4 is 0 Å². The number of imidazole rings is 1. The number of fused-ring (bicyclic) bond motifs is 1. The van der Waals surface area contributed by atoms with Crippen LogP contribution in [-0.2, 0) is 34.3 Å². The molecule has 1 aliphatic heterocycles. The number of hydrogen-bond acceptors (Lipinski definition) is 5. The van der Waals surface area contributed by atoms with Gasteiger partial charge in [-0.2, -0.15) is 4.31 Å². The molecular formula is C24H31N5O3S. The normalized spacial score (nSPS) is 14.7. The quantitative estimate of drug-likeness (QED) is 0.480. The molecule has 1 saturated heterocycles. The van der Waals surface area contributed by atoms with Gasteiger partial charge in [0.05, 0.1) is 15.9 Å². The number of aromatic nitrogens is 3. The van der Waals surface area contributed by atoms with Gasteiger partial charge in [-0.25, -0.2) is 13.4 Å². The Balaban J connectivity index is 1.52. The Morgan fingerprint density at radius 1 is 1.12 bits per heavy atom. The van der Waals surface area contributed by atoms with Crippen molar-refractivity contribution in [3.8, 4) is 0 Å². The maximum Gasteiger partial charge on any atom is 0.243 e. The first-order valence-electron chi connectivity index (χ1n) is 11.5. The van der Waals surface area contributed by atoms with Crippen molar-refractivity contribution >= 4 is 27.0 Å². The first-order valence-corrected chi connectivity index (χ1v) is 13.0. The van der Waals surface area contributed by atoms with Gasteiger partial charge in [0.15, 0.2) is 0 Å². The summed E-state index contributed by atoms with van der Waals surface area (Å²) in [6.45, 7) is 4.54. The Hall–Kier alpha value is -2.78. The van der Waals surface area contributed by atoms with Crippen LogP contribution in [0.3, 0.4) is 0 Å². The highest BCUT2D eigenvalue weighted by Gasteiger charge is 2.28. The summed E-state index contributed by atoms with van der Waals surface area (Å²) < 4.78 is 29.6. The lowest BCUT2D eigenvalue weighted by Crippen LogP contribution is -2.27. The van der Waals surface area contributed by atoms with Crippen LogP contribution in [-0.4, -0.2) is 58.2 Å². The maximum absolute atomic E-state index is 13.0. The predicted octanol–water partition coefficient (Wildman–Crippen LogP) is 3.22. The van der Waals surface area contributed by atoms with Crippen LogP contribution in [0.2, 0.25) is 0 Å². The highest BCUT2D eigenvalue weighted by Crippen LogP contribution is 2.26. The minimum atomic E-state index is -3.49. The van der Waals surface area contributed by atoms with E-state index in [2.05, 4.69) is 16.5 Å². The third-order valence-electron chi connectivity index (χ3n) is 6.11. The maximum atomic E-state index is 13.0. The van der Waals surface area contributed by atoms with Crippen LogP contribution >= 0.6 is 0 Å². The first-order chi connectivity index (χ1) is 15.9. The third kappa shape index (κ3) is 5.09. The van der Waals surface area contributed by atoms with Crippen molar-refractivity contribution in [2.45, 2.75) is 57.0 Å². The van der Waals surface area contributed by atoms with Gasteiger partial charge >= 0.3 is 0 Å². The minimum absolute atomic E-state index is 0.0409. The second-order valence-corrected chi connectivity index (χ2v) is 10.5. The Morgan fingerprint density at radius 2 is 1.85 bits per heavy atom. The number of carbonyl (C=O) groups is 1. The van der Waals surface area contributed by atoms with E-state index >= 15 is 0 Å². The fraction of sp³-hybridized carbons (Fsp3) is 0.458. The Kier molecular flexibility index (Phi) is 7.09. The number of aryl methyl sites for hydroxylation is 2. The van der Waals surface area contributed by atoms with E-state index in [4.69, 9.17) is 4.98 Å². The topological polar surface area (TPSA) is 88.4 Å². The van der Waals surface area contributed by atoms with E-state index in [9.17, 15) is 13.2 Å². The largest absolute Gasteiger partial charge is 0.341 e. The van der Waals surface area contributed by atoms with Gasteiger partial charge in [-0.3, -0.25) is 9.78 Å². The van der Waals surface area contributed by atoms with Gasteiger partial charge in [0.1, 0.15) is 5.82 Å². The van der Waals surface area contributed by atoms with E-state index in [0.29, 0.717) is 38.0 Å². The van der Waals surface area contributed by atoms with Crippen molar-refractivity contribution in [3.05, 3.63) is 54.1 Å². The van der Waals surface area contributed by atoms with E-state index in [-0.39, 0.29) is 10.8 Å². The fourth-order valence-corrected chi connectivity index (χ4v) is 5.86. The molecule has 0 N–H and O–H groups in total. The van der Waals surface area contributed by atoms with Gasteiger partial charge in [-0.05, 0) is 55.2 Å². The number of carbonyl (C=O) groups excluding carboxylic acids is 1. The zero-order chi connectivity index (χ0) is 23.4. The Morgan fingerprint density at radius 3 is 2.55 bits per heavy atom. The van der Waals surface area contributed by atoms with Crippen LogP contribution in [0.4, 0.5) is 0 Å². The fourth-order valence-electron chi connectivity index (χ4n) is 4.32. The van der Waals surface area contributed by atoms with Gasteiger partial charge in [0.2, 0.25) is 15.9 Å². The molecule has 0 atom stereocenters. The molecule has 0 saturated carbocycles. The van der Waals surface area contributed by atoms with Crippen molar-refractivity contribution in [3.63, 3.8) is 0 Å². The number of amides is 1. The molecule has 0 spiro atoms. The molecule has 3 heterocycles. The lowest BCUT2D eigenvalue weighted by atomic mass is 10.2. The van der Waals surface area contributed by atoms with Crippen molar-refractivity contribution in [2.24, 2.45) is 0 Å². The summed E-state index contributed by atoms with van der Waals surface area (Å²) in [5.41, 5.74) is 2.60. The van der Waals surface area contributed by atoms with Crippen molar-refractivity contribution in [2.75, 3.05) is 20.1 Å². The van der Waals surface area contributed by atoms with Gasteiger partial charge in [0, 0.05) is 58.5 Å². The summed E-state index contributed by atoms with van der Waals surface area (Å²) >= 11 is 0. The SMILES string of the molecule is CCCn1c(CCC(=O)N(C)Cc2ccncc2)nc2cc(S(=O)(=O)N3CCCC3)ccc21. The lowest BCUT2D eigenvalue weighted by molar-refractivity contribution is -0.130. The molecule has 3 aromatic rings. The molecule has 2 aromatic heterocycles. The molecule has 8 nitrogen and oxygen atoms in total. The molecule has 0 aliphatic carbocycles. The van der Waals surface area contributed by atoms with Crippen LogP contribution in [0, 0.1) is 0 Å². The Bertz CT molecular complexity index is 1220. The van der Waals surface area contributed by atoms with Crippen molar-refractivity contribution in [1.82, 2.24) is 23.7 Å². The molecule has 9 heteroatoms. The molecule has 33 heavy (non-hydrogen) atoms. The van der Waals surface area contributed by atoms with E-state index in [1.54, 1.807) is 40.8 Å². The summed E-state index contributed by atoms with van der Waals surface area (Å²) in [5, 5.41) is 0. The number of sulfonamides is 1. The molecular weight excluding hydrogens is 438 g/mol. The number of rotatable bonds is 9. The molecule has 4 rings (SSSR count). The smallest absolute Gasteiger partial charge is 0.243 e. The molecule has 1 amide bonds. The predicted molar refractivity (Wildman–Crippen MR) is 127 cm³/mol. The number of benzene rings is 1. The minimum Gasteiger partial charge on any atom is -0.341 e. The van der Waals surface area contributed by atoms with Crippen LogP contribution in [0.25, 0.3) is 11.0 Å².